The summed E-state index contributed by atoms with van der Waals surface area (Å²) >= 11 is 0. The average molecular weight is 468 g/mol. The van der Waals surface area contributed by atoms with Crippen LogP contribution < -0.4 is 14.2 Å². The highest BCUT2D eigenvalue weighted by atomic mass is 16.5. The first-order valence-corrected chi connectivity index (χ1v) is 11.2. The summed E-state index contributed by atoms with van der Waals surface area (Å²) in [7, 11) is 4.63. The monoisotopic (exact) mass is 467 g/mol. The molecule has 0 bridgehead atoms. The molecule has 1 amide bonds. The van der Waals surface area contributed by atoms with Gasteiger partial charge in [0.15, 0.2) is 11.5 Å². The number of methoxy groups -OCH3 is 3. The molecule has 2 heterocycles. The van der Waals surface area contributed by atoms with Gasteiger partial charge in [0.1, 0.15) is 17.6 Å². The predicted octanol–water partition coefficient (Wildman–Crippen LogP) is 3.49. The minimum absolute atomic E-state index is 0.0431. The summed E-state index contributed by atoms with van der Waals surface area (Å²) in [6.45, 7) is 2.70. The molecular formula is C26H29NO7. The highest BCUT2D eigenvalue weighted by molar-refractivity contribution is 6.46. The van der Waals surface area contributed by atoms with Crippen molar-refractivity contribution in [3.05, 3.63) is 58.7 Å². The number of aliphatic hydroxyl groups is 1. The number of aliphatic hydroxyl groups excluding tert-OH is 1. The first-order valence-electron chi connectivity index (χ1n) is 11.2. The van der Waals surface area contributed by atoms with Crippen molar-refractivity contribution in [3.8, 4) is 17.2 Å². The summed E-state index contributed by atoms with van der Waals surface area (Å²) in [4.78, 5) is 27.7. The maximum atomic E-state index is 13.2. The van der Waals surface area contributed by atoms with Gasteiger partial charge in [0.2, 0.25) is 0 Å². The molecule has 34 heavy (non-hydrogen) atoms. The Hall–Kier alpha value is -3.52. The fourth-order valence-corrected chi connectivity index (χ4v) is 4.58. The van der Waals surface area contributed by atoms with Gasteiger partial charge in [-0.05, 0) is 54.8 Å². The predicted molar refractivity (Wildman–Crippen MR) is 125 cm³/mol. The summed E-state index contributed by atoms with van der Waals surface area (Å²) < 4.78 is 21.7. The molecule has 8 nitrogen and oxygen atoms in total. The highest BCUT2D eigenvalue weighted by Crippen LogP contribution is 2.42. The lowest BCUT2D eigenvalue weighted by atomic mass is 9.94. The summed E-state index contributed by atoms with van der Waals surface area (Å²) in [6.07, 6.45) is 1.30. The molecule has 2 atom stereocenters. The van der Waals surface area contributed by atoms with Crippen LogP contribution in [0.2, 0.25) is 0 Å². The normalized spacial score (nSPS) is 20.9. The SMILES string of the molecule is COCCCN1C(=O)C(=O)C(=C(O)c2ccc3c(c2)CC(C)O3)C1c1ccc(OC)c(OC)c1. The molecular weight excluding hydrogens is 438 g/mol. The smallest absolute Gasteiger partial charge is 0.295 e. The van der Waals surface area contributed by atoms with E-state index in [1.165, 1.54) is 19.1 Å². The molecule has 0 aromatic heterocycles. The summed E-state index contributed by atoms with van der Waals surface area (Å²) in [5.74, 6) is 0.159. The van der Waals surface area contributed by atoms with Crippen LogP contribution in [-0.2, 0) is 20.7 Å². The number of carbonyl (C=O) groups excluding carboxylic acids is 2. The Bertz CT molecular complexity index is 1140. The molecule has 0 spiro atoms. The van der Waals surface area contributed by atoms with Crippen LogP contribution in [0.3, 0.4) is 0 Å². The molecule has 2 aliphatic rings. The molecule has 2 aliphatic heterocycles. The molecule has 1 N–H and O–H groups in total. The van der Waals surface area contributed by atoms with Crippen molar-refractivity contribution >= 4 is 17.4 Å². The molecule has 2 aromatic carbocycles. The number of rotatable bonds is 8. The Kier molecular flexibility index (Phi) is 6.79. The van der Waals surface area contributed by atoms with Gasteiger partial charge in [-0.2, -0.15) is 0 Å². The minimum Gasteiger partial charge on any atom is -0.507 e. The maximum Gasteiger partial charge on any atom is 0.295 e. The molecule has 2 aromatic rings. The summed E-state index contributed by atoms with van der Waals surface area (Å²) in [5.41, 5.74) is 2.10. The van der Waals surface area contributed by atoms with Crippen molar-refractivity contribution in [1.82, 2.24) is 4.90 Å². The number of hydrogen-bond acceptors (Lipinski definition) is 7. The van der Waals surface area contributed by atoms with Gasteiger partial charge in [0, 0.05) is 32.2 Å². The summed E-state index contributed by atoms with van der Waals surface area (Å²) in [5, 5.41) is 11.3. The minimum atomic E-state index is -0.778. The largest absolute Gasteiger partial charge is 0.507 e. The zero-order valence-electron chi connectivity index (χ0n) is 19.8. The lowest BCUT2D eigenvalue weighted by Gasteiger charge is -2.26. The van der Waals surface area contributed by atoms with Crippen molar-refractivity contribution in [3.63, 3.8) is 0 Å². The van der Waals surface area contributed by atoms with E-state index in [1.807, 2.05) is 13.0 Å². The zero-order valence-corrected chi connectivity index (χ0v) is 19.8. The number of Topliss-reactive ketones (excluding diaryl/α,β-unsaturated/α-hetero) is 1. The van der Waals surface area contributed by atoms with Gasteiger partial charge in [-0.15, -0.1) is 0 Å². The van der Waals surface area contributed by atoms with E-state index in [9.17, 15) is 14.7 Å². The van der Waals surface area contributed by atoms with E-state index in [0.29, 0.717) is 48.6 Å². The van der Waals surface area contributed by atoms with Crippen LogP contribution in [-0.4, -0.2) is 62.3 Å². The van der Waals surface area contributed by atoms with Crippen LogP contribution in [0, 0.1) is 0 Å². The molecule has 0 saturated carbocycles. The van der Waals surface area contributed by atoms with Crippen molar-refractivity contribution < 1.29 is 33.6 Å². The van der Waals surface area contributed by atoms with Crippen molar-refractivity contribution in [2.24, 2.45) is 0 Å². The molecule has 1 fully saturated rings. The van der Waals surface area contributed by atoms with E-state index in [2.05, 4.69) is 0 Å². The van der Waals surface area contributed by atoms with E-state index >= 15 is 0 Å². The van der Waals surface area contributed by atoms with Crippen molar-refractivity contribution in [1.29, 1.82) is 0 Å². The zero-order chi connectivity index (χ0) is 24.4. The Balaban J connectivity index is 1.83. The van der Waals surface area contributed by atoms with Gasteiger partial charge in [-0.25, -0.2) is 0 Å². The lowest BCUT2D eigenvalue weighted by Crippen LogP contribution is -2.31. The van der Waals surface area contributed by atoms with Crippen LogP contribution in [0.4, 0.5) is 0 Å². The molecule has 8 heteroatoms. The number of ketones is 1. The Morgan fingerprint density at radius 2 is 1.85 bits per heavy atom. The van der Waals surface area contributed by atoms with Gasteiger partial charge in [-0.1, -0.05) is 6.07 Å². The molecule has 4 rings (SSSR count). The van der Waals surface area contributed by atoms with Crippen LogP contribution in [0.25, 0.3) is 5.76 Å². The third-order valence-corrected chi connectivity index (χ3v) is 6.18. The topological polar surface area (TPSA) is 94.5 Å². The van der Waals surface area contributed by atoms with E-state index in [-0.39, 0.29) is 17.4 Å². The van der Waals surface area contributed by atoms with Crippen LogP contribution in [0.1, 0.15) is 36.1 Å². The van der Waals surface area contributed by atoms with Crippen LogP contribution in [0.15, 0.2) is 42.0 Å². The summed E-state index contributed by atoms with van der Waals surface area (Å²) in [6, 6.07) is 9.75. The Morgan fingerprint density at radius 3 is 2.56 bits per heavy atom. The average Bonchev–Trinajstić information content (AvgIpc) is 3.34. The fraction of sp³-hybridized carbons (Fsp3) is 0.385. The number of likely N-dealkylation sites (tertiary alicyclic amines) is 1. The van der Waals surface area contributed by atoms with Gasteiger partial charge in [0.05, 0.1) is 25.8 Å². The van der Waals surface area contributed by atoms with Crippen molar-refractivity contribution in [2.75, 3.05) is 34.5 Å². The number of nitrogens with zero attached hydrogens (tertiary/aromatic N) is 1. The van der Waals surface area contributed by atoms with E-state index in [0.717, 1.165) is 11.3 Å². The number of hydrogen-bond donors (Lipinski definition) is 1. The Labute approximate surface area is 198 Å². The van der Waals surface area contributed by atoms with Crippen LogP contribution in [0.5, 0.6) is 17.2 Å². The second-order valence-corrected chi connectivity index (χ2v) is 8.41. The number of ether oxygens (including phenoxy) is 4. The number of fused-ring (bicyclic) bond motifs is 1. The van der Waals surface area contributed by atoms with Gasteiger partial charge < -0.3 is 29.0 Å². The lowest BCUT2D eigenvalue weighted by molar-refractivity contribution is -0.140. The fourth-order valence-electron chi connectivity index (χ4n) is 4.58. The molecule has 2 unspecified atom stereocenters. The number of benzene rings is 2. The quantitative estimate of drug-likeness (QED) is 0.275. The van der Waals surface area contributed by atoms with Crippen molar-refractivity contribution in [2.45, 2.75) is 31.9 Å². The van der Waals surface area contributed by atoms with Gasteiger partial charge in [-0.3, -0.25) is 9.59 Å². The number of carbonyl (C=O) groups is 2. The first-order chi connectivity index (χ1) is 16.4. The third-order valence-electron chi connectivity index (χ3n) is 6.18. The van der Waals surface area contributed by atoms with E-state index < -0.39 is 17.7 Å². The second kappa shape index (κ2) is 9.77. The third kappa shape index (κ3) is 4.21. The van der Waals surface area contributed by atoms with E-state index in [4.69, 9.17) is 18.9 Å². The molecule has 1 saturated heterocycles. The standard InChI is InChI=1S/C26H29NO7/c1-15-12-18-13-17(7-8-19(18)34-15)24(28)22-23(16-6-9-20(32-3)21(14-16)33-4)27(10-5-11-31-2)26(30)25(22)29/h6-9,13-15,23,28H,5,10-12H2,1-4H3. The van der Waals surface area contributed by atoms with E-state index in [1.54, 1.807) is 37.4 Å². The molecule has 0 radical (unpaired) electrons. The van der Waals surface area contributed by atoms with Crippen LogP contribution >= 0.6 is 0 Å². The van der Waals surface area contributed by atoms with Gasteiger partial charge in [0.25, 0.3) is 11.7 Å². The molecule has 0 aliphatic carbocycles. The molecule has 180 valence electrons. The second-order valence-electron chi connectivity index (χ2n) is 8.41. The number of amides is 1. The maximum absolute atomic E-state index is 13.2. The Morgan fingerprint density at radius 1 is 1.09 bits per heavy atom. The highest BCUT2D eigenvalue weighted by Gasteiger charge is 2.46. The first kappa shape index (κ1) is 23.6. The van der Waals surface area contributed by atoms with Gasteiger partial charge >= 0.3 is 0 Å².